The molecule has 2 nitrogen and oxygen atoms in total. The number of hydrogen-bond acceptors (Lipinski definition) is 2. The highest BCUT2D eigenvalue weighted by molar-refractivity contribution is 5.56. The normalized spacial score (nSPS) is 11.2. The van der Waals surface area contributed by atoms with Crippen molar-refractivity contribution in [2.45, 2.75) is 19.6 Å². The van der Waals surface area contributed by atoms with Gasteiger partial charge in [0.2, 0.25) is 0 Å². The van der Waals surface area contributed by atoms with Crippen LogP contribution >= 0.6 is 0 Å². The van der Waals surface area contributed by atoms with Crippen molar-refractivity contribution in [2.24, 2.45) is 0 Å². The van der Waals surface area contributed by atoms with E-state index in [0.29, 0.717) is 13.2 Å². The molecule has 2 rings (SSSR count). The van der Waals surface area contributed by atoms with Crippen molar-refractivity contribution in [3.8, 4) is 5.75 Å². The Balaban J connectivity index is 2.03. The minimum atomic E-state index is -4.30. The molecular formula is C16H16F3NO. The van der Waals surface area contributed by atoms with E-state index in [1.165, 1.54) is 12.1 Å². The molecule has 0 bridgehead atoms. The average Bonchev–Trinajstić information content (AvgIpc) is 2.46. The molecule has 0 aliphatic carbocycles. The number of anilines is 1. The highest BCUT2D eigenvalue weighted by Crippen LogP contribution is 2.29. The van der Waals surface area contributed by atoms with Crippen molar-refractivity contribution >= 4 is 5.69 Å². The largest absolute Gasteiger partial charge is 0.492 e. The molecule has 5 heteroatoms. The van der Waals surface area contributed by atoms with Gasteiger partial charge in [0.05, 0.1) is 17.9 Å². The fourth-order valence-electron chi connectivity index (χ4n) is 1.90. The topological polar surface area (TPSA) is 21.3 Å². The van der Waals surface area contributed by atoms with Crippen LogP contribution in [0, 0.1) is 0 Å². The maximum absolute atomic E-state index is 12.5. The SMILES string of the molecule is CCOc1ccccc1NCc1ccc(C(F)(F)F)cc1. The van der Waals surface area contributed by atoms with Gasteiger partial charge in [-0.15, -0.1) is 0 Å². The van der Waals surface area contributed by atoms with Gasteiger partial charge in [0.25, 0.3) is 0 Å². The standard InChI is InChI=1S/C16H16F3NO/c1-2-21-15-6-4-3-5-14(15)20-11-12-7-9-13(10-8-12)16(17,18)19/h3-10,20H,2,11H2,1H3. The molecular weight excluding hydrogens is 279 g/mol. The second-order valence-corrected chi connectivity index (χ2v) is 4.48. The fourth-order valence-corrected chi connectivity index (χ4v) is 1.90. The molecule has 0 fully saturated rings. The van der Waals surface area contributed by atoms with Crippen molar-refractivity contribution in [1.82, 2.24) is 0 Å². The van der Waals surface area contributed by atoms with Gasteiger partial charge in [0.15, 0.2) is 0 Å². The third kappa shape index (κ3) is 4.15. The summed E-state index contributed by atoms with van der Waals surface area (Å²) in [4.78, 5) is 0. The van der Waals surface area contributed by atoms with E-state index in [2.05, 4.69) is 5.32 Å². The summed E-state index contributed by atoms with van der Waals surface area (Å²) in [6.07, 6.45) is -4.30. The zero-order chi connectivity index (χ0) is 15.3. The van der Waals surface area contributed by atoms with Crippen LogP contribution in [0.15, 0.2) is 48.5 Å². The van der Waals surface area contributed by atoms with Gasteiger partial charge >= 0.3 is 6.18 Å². The zero-order valence-electron chi connectivity index (χ0n) is 11.6. The first-order valence-electron chi connectivity index (χ1n) is 6.62. The minimum Gasteiger partial charge on any atom is -0.492 e. The van der Waals surface area contributed by atoms with Crippen molar-refractivity contribution < 1.29 is 17.9 Å². The van der Waals surface area contributed by atoms with Crippen LogP contribution < -0.4 is 10.1 Å². The van der Waals surface area contributed by atoms with Crippen LogP contribution in [0.3, 0.4) is 0 Å². The Morgan fingerprint density at radius 3 is 2.29 bits per heavy atom. The van der Waals surface area contributed by atoms with Crippen LogP contribution in [-0.4, -0.2) is 6.61 Å². The van der Waals surface area contributed by atoms with Crippen molar-refractivity contribution in [2.75, 3.05) is 11.9 Å². The van der Waals surface area contributed by atoms with Crippen LogP contribution in [-0.2, 0) is 12.7 Å². The Bertz CT molecular complexity index is 579. The molecule has 0 atom stereocenters. The zero-order valence-corrected chi connectivity index (χ0v) is 11.6. The Morgan fingerprint density at radius 1 is 1.00 bits per heavy atom. The smallest absolute Gasteiger partial charge is 0.416 e. The lowest BCUT2D eigenvalue weighted by Crippen LogP contribution is -2.06. The van der Waals surface area contributed by atoms with E-state index in [1.807, 2.05) is 31.2 Å². The van der Waals surface area contributed by atoms with E-state index >= 15 is 0 Å². The van der Waals surface area contributed by atoms with Gasteiger partial charge in [-0.2, -0.15) is 13.2 Å². The lowest BCUT2D eigenvalue weighted by atomic mass is 10.1. The predicted molar refractivity (Wildman–Crippen MR) is 76.4 cm³/mol. The Kier molecular flexibility index (Phi) is 4.73. The first-order chi connectivity index (χ1) is 10.0. The number of rotatable bonds is 5. The Morgan fingerprint density at radius 2 is 1.67 bits per heavy atom. The first kappa shape index (κ1) is 15.2. The van der Waals surface area contributed by atoms with E-state index in [-0.39, 0.29) is 0 Å². The summed E-state index contributed by atoms with van der Waals surface area (Å²) in [5, 5.41) is 3.17. The second kappa shape index (κ2) is 6.52. The fraction of sp³-hybridized carbons (Fsp3) is 0.250. The van der Waals surface area contributed by atoms with Gasteiger partial charge in [-0.25, -0.2) is 0 Å². The predicted octanol–water partition coefficient (Wildman–Crippen LogP) is 4.72. The minimum absolute atomic E-state index is 0.433. The van der Waals surface area contributed by atoms with Gasteiger partial charge in [0, 0.05) is 6.54 Å². The number of hydrogen-bond donors (Lipinski definition) is 1. The van der Waals surface area contributed by atoms with Gasteiger partial charge in [-0.1, -0.05) is 24.3 Å². The third-order valence-corrected chi connectivity index (χ3v) is 2.95. The summed E-state index contributed by atoms with van der Waals surface area (Å²) in [5.41, 5.74) is 0.953. The van der Waals surface area contributed by atoms with E-state index in [1.54, 1.807) is 0 Å². The lowest BCUT2D eigenvalue weighted by Gasteiger charge is -2.12. The first-order valence-corrected chi connectivity index (χ1v) is 6.62. The number of halogens is 3. The van der Waals surface area contributed by atoms with Crippen molar-refractivity contribution in [1.29, 1.82) is 0 Å². The molecule has 0 aromatic heterocycles. The van der Waals surface area contributed by atoms with Crippen LogP contribution in [0.25, 0.3) is 0 Å². The third-order valence-electron chi connectivity index (χ3n) is 2.95. The quantitative estimate of drug-likeness (QED) is 0.862. The molecule has 2 aromatic rings. The summed E-state index contributed by atoms with van der Waals surface area (Å²) in [5.74, 6) is 0.729. The number of ether oxygens (including phenoxy) is 1. The molecule has 0 saturated heterocycles. The molecule has 2 aromatic carbocycles. The molecule has 1 N–H and O–H groups in total. The molecule has 0 aliphatic rings. The van der Waals surface area contributed by atoms with Crippen LogP contribution in [0.2, 0.25) is 0 Å². The number of benzene rings is 2. The van der Waals surface area contributed by atoms with E-state index in [4.69, 9.17) is 4.74 Å². The molecule has 0 amide bonds. The van der Waals surface area contributed by atoms with E-state index in [0.717, 1.165) is 29.1 Å². The van der Waals surface area contributed by atoms with Crippen LogP contribution in [0.5, 0.6) is 5.75 Å². The van der Waals surface area contributed by atoms with E-state index in [9.17, 15) is 13.2 Å². The van der Waals surface area contributed by atoms with Gasteiger partial charge in [0.1, 0.15) is 5.75 Å². The Hall–Kier alpha value is -2.17. The average molecular weight is 295 g/mol. The second-order valence-electron chi connectivity index (χ2n) is 4.48. The van der Waals surface area contributed by atoms with Crippen LogP contribution in [0.4, 0.5) is 18.9 Å². The summed E-state index contributed by atoms with van der Waals surface area (Å²) in [6.45, 7) is 2.88. The molecule has 112 valence electrons. The molecule has 0 saturated carbocycles. The molecule has 0 spiro atoms. The van der Waals surface area contributed by atoms with Crippen molar-refractivity contribution in [3.05, 3.63) is 59.7 Å². The summed E-state index contributed by atoms with van der Waals surface area (Å²) < 4.78 is 42.9. The highest BCUT2D eigenvalue weighted by atomic mass is 19.4. The Labute approximate surface area is 121 Å². The van der Waals surface area contributed by atoms with Gasteiger partial charge < -0.3 is 10.1 Å². The number of nitrogens with one attached hydrogen (secondary N) is 1. The highest BCUT2D eigenvalue weighted by Gasteiger charge is 2.29. The molecule has 0 aliphatic heterocycles. The van der Waals surface area contributed by atoms with Crippen LogP contribution in [0.1, 0.15) is 18.1 Å². The maximum atomic E-state index is 12.5. The van der Waals surface area contributed by atoms with Gasteiger partial charge in [-0.3, -0.25) is 0 Å². The summed E-state index contributed by atoms with van der Waals surface area (Å²) in [6, 6.07) is 12.6. The maximum Gasteiger partial charge on any atom is 0.416 e. The molecule has 0 heterocycles. The molecule has 21 heavy (non-hydrogen) atoms. The summed E-state index contributed by atoms with van der Waals surface area (Å²) in [7, 11) is 0. The number of para-hydroxylation sites is 2. The van der Waals surface area contributed by atoms with Gasteiger partial charge in [-0.05, 0) is 36.8 Å². The lowest BCUT2D eigenvalue weighted by molar-refractivity contribution is -0.137. The van der Waals surface area contributed by atoms with E-state index < -0.39 is 11.7 Å². The number of alkyl halides is 3. The summed E-state index contributed by atoms with van der Waals surface area (Å²) >= 11 is 0. The van der Waals surface area contributed by atoms with Crippen molar-refractivity contribution in [3.63, 3.8) is 0 Å². The monoisotopic (exact) mass is 295 g/mol. The molecule has 0 radical (unpaired) electrons. The molecule has 0 unspecified atom stereocenters.